The topological polar surface area (TPSA) is 52.5 Å². The van der Waals surface area contributed by atoms with Crippen LogP contribution in [0.2, 0.25) is 5.02 Å². The second-order valence-corrected chi connectivity index (χ2v) is 6.72. The van der Waals surface area contributed by atoms with E-state index in [-0.39, 0.29) is 5.75 Å². The fraction of sp³-hybridized carbons (Fsp3) is 0.263. The first kappa shape index (κ1) is 16.1. The molecular weight excluding hydrogens is 336 g/mol. The second kappa shape index (κ2) is 6.50. The number of rotatable bonds is 2. The average molecular weight is 355 g/mol. The molecule has 0 spiro atoms. The van der Waals surface area contributed by atoms with Gasteiger partial charge in [0.15, 0.2) is 5.82 Å². The van der Waals surface area contributed by atoms with Gasteiger partial charge in [-0.25, -0.2) is 9.97 Å². The molecule has 3 aromatic rings. The van der Waals surface area contributed by atoms with Gasteiger partial charge in [0.1, 0.15) is 11.6 Å². The van der Waals surface area contributed by atoms with Gasteiger partial charge in [-0.15, -0.1) is 0 Å². The Morgan fingerprint density at radius 2 is 1.72 bits per heavy atom. The van der Waals surface area contributed by atoms with E-state index in [1.54, 1.807) is 12.1 Å². The lowest BCUT2D eigenvalue weighted by Crippen LogP contribution is -2.45. The first-order valence-electron chi connectivity index (χ1n) is 8.31. The number of phenols is 1. The SMILES string of the molecule is CN1CCN(c2nc(-c3ccccc3O)nc3cccc(Cl)c23)CC1. The van der Waals surface area contributed by atoms with Crippen molar-refractivity contribution < 1.29 is 5.11 Å². The van der Waals surface area contributed by atoms with Crippen LogP contribution < -0.4 is 4.90 Å². The summed E-state index contributed by atoms with van der Waals surface area (Å²) in [5.74, 6) is 1.52. The first-order valence-corrected chi connectivity index (χ1v) is 8.69. The van der Waals surface area contributed by atoms with Crippen LogP contribution in [-0.2, 0) is 0 Å². The monoisotopic (exact) mass is 354 g/mol. The fourth-order valence-corrected chi connectivity index (χ4v) is 3.41. The van der Waals surface area contributed by atoms with E-state index in [1.165, 1.54) is 0 Å². The van der Waals surface area contributed by atoms with E-state index in [0.717, 1.165) is 42.9 Å². The van der Waals surface area contributed by atoms with E-state index in [9.17, 15) is 5.11 Å². The molecule has 2 heterocycles. The molecule has 0 saturated carbocycles. The zero-order valence-corrected chi connectivity index (χ0v) is 14.7. The number of phenolic OH excluding ortho intramolecular Hbond substituents is 1. The standard InChI is InChI=1S/C19H19ClN4O/c1-23-9-11-24(12-10-23)19-17-14(20)6-4-7-15(17)21-18(22-19)13-5-2-3-8-16(13)25/h2-8,25H,9-12H2,1H3. The van der Waals surface area contributed by atoms with Gasteiger partial charge in [-0.1, -0.05) is 29.8 Å². The molecule has 0 bridgehead atoms. The van der Waals surface area contributed by atoms with Gasteiger partial charge in [-0.2, -0.15) is 0 Å². The summed E-state index contributed by atoms with van der Waals surface area (Å²) in [5.41, 5.74) is 1.41. The lowest BCUT2D eigenvalue weighted by molar-refractivity contribution is 0.312. The van der Waals surface area contributed by atoms with Crippen molar-refractivity contribution in [3.05, 3.63) is 47.5 Å². The smallest absolute Gasteiger partial charge is 0.165 e. The van der Waals surface area contributed by atoms with Crippen LogP contribution in [0.1, 0.15) is 0 Å². The van der Waals surface area contributed by atoms with Crippen LogP contribution in [0.5, 0.6) is 5.75 Å². The van der Waals surface area contributed by atoms with Crippen molar-refractivity contribution in [3.8, 4) is 17.1 Å². The van der Waals surface area contributed by atoms with Crippen LogP contribution in [-0.4, -0.2) is 53.2 Å². The zero-order chi connectivity index (χ0) is 17.4. The van der Waals surface area contributed by atoms with Crippen molar-refractivity contribution >= 4 is 28.3 Å². The predicted octanol–water partition coefficient (Wildman–Crippen LogP) is 3.41. The van der Waals surface area contributed by atoms with E-state index in [1.807, 2.05) is 30.3 Å². The van der Waals surface area contributed by atoms with Gasteiger partial charge in [0.2, 0.25) is 0 Å². The van der Waals surface area contributed by atoms with Crippen LogP contribution in [0.4, 0.5) is 5.82 Å². The molecule has 1 aliphatic heterocycles. The molecule has 25 heavy (non-hydrogen) atoms. The van der Waals surface area contributed by atoms with Gasteiger partial charge in [0.25, 0.3) is 0 Å². The highest BCUT2D eigenvalue weighted by Crippen LogP contribution is 2.35. The molecule has 4 rings (SSSR count). The van der Waals surface area contributed by atoms with E-state index in [0.29, 0.717) is 16.4 Å². The lowest BCUT2D eigenvalue weighted by atomic mass is 10.1. The number of piperazine rings is 1. The van der Waals surface area contributed by atoms with Crippen molar-refractivity contribution in [2.24, 2.45) is 0 Å². The number of halogens is 1. The number of para-hydroxylation sites is 1. The molecular formula is C19H19ClN4O. The largest absolute Gasteiger partial charge is 0.507 e. The van der Waals surface area contributed by atoms with Gasteiger partial charge in [-0.05, 0) is 31.3 Å². The summed E-state index contributed by atoms with van der Waals surface area (Å²) in [4.78, 5) is 14.0. The number of fused-ring (bicyclic) bond motifs is 1. The zero-order valence-electron chi connectivity index (χ0n) is 14.0. The molecule has 0 atom stereocenters. The third-order valence-corrected chi connectivity index (χ3v) is 4.92. The van der Waals surface area contributed by atoms with Crippen molar-refractivity contribution in [2.75, 3.05) is 38.1 Å². The Morgan fingerprint density at radius 1 is 0.960 bits per heavy atom. The van der Waals surface area contributed by atoms with E-state index < -0.39 is 0 Å². The number of hydrogen-bond acceptors (Lipinski definition) is 5. The minimum Gasteiger partial charge on any atom is -0.507 e. The molecule has 2 aromatic carbocycles. The summed E-state index contributed by atoms with van der Waals surface area (Å²) in [5, 5.41) is 11.7. The predicted molar refractivity (Wildman–Crippen MR) is 101 cm³/mol. The van der Waals surface area contributed by atoms with Crippen molar-refractivity contribution in [3.63, 3.8) is 0 Å². The molecule has 0 unspecified atom stereocenters. The van der Waals surface area contributed by atoms with Crippen LogP contribution >= 0.6 is 11.6 Å². The van der Waals surface area contributed by atoms with Crippen LogP contribution in [0, 0.1) is 0 Å². The van der Waals surface area contributed by atoms with E-state index >= 15 is 0 Å². The number of nitrogens with zero attached hydrogens (tertiary/aromatic N) is 4. The third-order valence-electron chi connectivity index (χ3n) is 4.60. The maximum Gasteiger partial charge on any atom is 0.165 e. The van der Waals surface area contributed by atoms with Crippen LogP contribution in [0.25, 0.3) is 22.3 Å². The average Bonchev–Trinajstić information content (AvgIpc) is 2.62. The number of benzene rings is 2. The summed E-state index contributed by atoms with van der Waals surface area (Å²) in [6.07, 6.45) is 0. The molecule has 1 aromatic heterocycles. The number of likely N-dealkylation sites (N-methyl/N-ethyl adjacent to an activating group) is 1. The Morgan fingerprint density at radius 3 is 2.48 bits per heavy atom. The molecule has 6 heteroatoms. The quantitative estimate of drug-likeness (QED) is 0.764. The Kier molecular flexibility index (Phi) is 4.19. The Hall–Kier alpha value is -2.37. The summed E-state index contributed by atoms with van der Waals surface area (Å²) < 4.78 is 0. The number of anilines is 1. The number of hydrogen-bond donors (Lipinski definition) is 1. The summed E-state index contributed by atoms with van der Waals surface area (Å²) in [7, 11) is 2.12. The molecule has 1 fully saturated rings. The van der Waals surface area contributed by atoms with Crippen LogP contribution in [0.3, 0.4) is 0 Å². The molecule has 0 radical (unpaired) electrons. The number of aromatic nitrogens is 2. The highest BCUT2D eigenvalue weighted by Gasteiger charge is 2.21. The van der Waals surface area contributed by atoms with Crippen molar-refractivity contribution in [1.29, 1.82) is 0 Å². The van der Waals surface area contributed by atoms with Crippen molar-refractivity contribution in [2.45, 2.75) is 0 Å². The van der Waals surface area contributed by atoms with Gasteiger partial charge < -0.3 is 14.9 Å². The Labute approximate surface area is 151 Å². The highest BCUT2D eigenvalue weighted by atomic mass is 35.5. The fourth-order valence-electron chi connectivity index (χ4n) is 3.15. The molecule has 1 N–H and O–H groups in total. The molecule has 0 aliphatic carbocycles. The Bertz CT molecular complexity index is 922. The first-order chi connectivity index (χ1) is 12.1. The van der Waals surface area contributed by atoms with Crippen LogP contribution in [0.15, 0.2) is 42.5 Å². The third kappa shape index (κ3) is 3.01. The molecule has 0 amide bonds. The summed E-state index contributed by atoms with van der Waals surface area (Å²) in [6.45, 7) is 3.71. The molecule has 1 aliphatic rings. The van der Waals surface area contributed by atoms with Gasteiger partial charge in [0, 0.05) is 26.2 Å². The maximum absolute atomic E-state index is 10.2. The lowest BCUT2D eigenvalue weighted by Gasteiger charge is -2.34. The Balaban J connectivity index is 1.91. The summed E-state index contributed by atoms with van der Waals surface area (Å²) >= 11 is 6.47. The minimum atomic E-state index is 0.174. The molecule has 1 saturated heterocycles. The molecule has 5 nitrogen and oxygen atoms in total. The molecule has 128 valence electrons. The second-order valence-electron chi connectivity index (χ2n) is 6.31. The highest BCUT2D eigenvalue weighted by molar-refractivity contribution is 6.36. The summed E-state index contributed by atoms with van der Waals surface area (Å²) in [6, 6.07) is 12.8. The van der Waals surface area contributed by atoms with Gasteiger partial charge in [-0.3, -0.25) is 0 Å². The van der Waals surface area contributed by atoms with Gasteiger partial charge >= 0.3 is 0 Å². The van der Waals surface area contributed by atoms with E-state index in [4.69, 9.17) is 16.6 Å². The van der Waals surface area contributed by atoms with E-state index in [2.05, 4.69) is 21.8 Å². The van der Waals surface area contributed by atoms with Crippen molar-refractivity contribution in [1.82, 2.24) is 14.9 Å². The van der Waals surface area contributed by atoms with Gasteiger partial charge in [0.05, 0.1) is 21.5 Å². The maximum atomic E-state index is 10.2. The minimum absolute atomic E-state index is 0.174. The number of aromatic hydroxyl groups is 1. The normalized spacial score (nSPS) is 15.7.